The topological polar surface area (TPSA) is 21.1 Å². The van der Waals surface area contributed by atoms with Crippen molar-refractivity contribution in [2.24, 2.45) is 0 Å². The number of aromatic nitrogens is 2. The van der Waals surface area contributed by atoms with Crippen LogP contribution >= 0.6 is 0 Å². The number of rotatable bonds is 0. The summed E-state index contributed by atoms with van der Waals surface area (Å²) in [5.74, 6) is 1.30. The Morgan fingerprint density at radius 3 is 3.00 bits per heavy atom. The number of benzene rings is 1. The Hall–Kier alpha value is -1.35. The molecular formula is C16H21N3. The summed E-state index contributed by atoms with van der Waals surface area (Å²) in [6, 6.07) is 7.41. The van der Waals surface area contributed by atoms with Crippen LogP contribution in [-0.4, -0.2) is 33.6 Å². The van der Waals surface area contributed by atoms with Gasteiger partial charge in [0.25, 0.3) is 0 Å². The molecule has 1 fully saturated rings. The quantitative estimate of drug-likeness (QED) is 0.722. The minimum absolute atomic E-state index is 0.733. The van der Waals surface area contributed by atoms with Crippen molar-refractivity contribution in [2.75, 3.05) is 13.1 Å². The molecule has 0 saturated carbocycles. The number of imidazole rings is 1. The summed E-state index contributed by atoms with van der Waals surface area (Å²) in [4.78, 5) is 7.59. The molecule has 0 N–H and O–H groups in total. The summed E-state index contributed by atoms with van der Waals surface area (Å²) < 4.78 is 2.46. The van der Waals surface area contributed by atoms with Crippen LogP contribution in [0.4, 0.5) is 0 Å². The maximum absolute atomic E-state index is 4.91. The van der Waals surface area contributed by atoms with E-state index in [9.17, 15) is 0 Å². The molecule has 3 heteroatoms. The zero-order chi connectivity index (χ0) is 12.8. The maximum atomic E-state index is 4.91. The van der Waals surface area contributed by atoms with Crippen LogP contribution in [0, 0.1) is 6.92 Å². The summed E-state index contributed by atoms with van der Waals surface area (Å²) in [7, 11) is 0. The smallest absolute Gasteiger partial charge is 0.111 e. The first kappa shape index (κ1) is 11.5. The third-order valence-electron chi connectivity index (χ3n) is 4.73. The van der Waals surface area contributed by atoms with E-state index in [-0.39, 0.29) is 0 Å². The van der Waals surface area contributed by atoms with Gasteiger partial charge in [-0.2, -0.15) is 0 Å². The van der Waals surface area contributed by atoms with Crippen molar-refractivity contribution in [3.05, 3.63) is 29.6 Å². The predicted octanol–water partition coefficient (Wildman–Crippen LogP) is 2.76. The average molecular weight is 255 g/mol. The highest BCUT2D eigenvalue weighted by molar-refractivity contribution is 5.76. The lowest BCUT2D eigenvalue weighted by atomic mass is 10.1. The zero-order valence-corrected chi connectivity index (χ0v) is 11.6. The van der Waals surface area contributed by atoms with Gasteiger partial charge in [-0.05, 0) is 50.4 Å². The molecule has 0 radical (unpaired) electrons. The van der Waals surface area contributed by atoms with E-state index < -0.39 is 0 Å². The molecule has 1 unspecified atom stereocenters. The molecule has 4 rings (SSSR count). The van der Waals surface area contributed by atoms with Gasteiger partial charge in [-0.3, -0.25) is 4.90 Å². The van der Waals surface area contributed by atoms with Gasteiger partial charge >= 0.3 is 0 Å². The molecular weight excluding hydrogens is 234 g/mol. The van der Waals surface area contributed by atoms with Crippen molar-refractivity contribution in [1.82, 2.24) is 14.5 Å². The minimum Gasteiger partial charge on any atom is -0.328 e. The number of aryl methyl sites for hydroxylation is 2. The van der Waals surface area contributed by atoms with E-state index in [1.54, 1.807) is 0 Å². The fourth-order valence-electron chi connectivity index (χ4n) is 3.76. The molecule has 1 atom stereocenters. The molecule has 1 aromatic heterocycles. The second-order valence-electron chi connectivity index (χ2n) is 6.06. The molecule has 19 heavy (non-hydrogen) atoms. The molecule has 1 saturated heterocycles. The average Bonchev–Trinajstić information content (AvgIpc) is 2.92. The first-order valence-corrected chi connectivity index (χ1v) is 7.51. The van der Waals surface area contributed by atoms with Gasteiger partial charge in [0.05, 0.1) is 11.0 Å². The van der Waals surface area contributed by atoms with Crippen LogP contribution in [0.1, 0.15) is 30.7 Å². The van der Waals surface area contributed by atoms with Crippen molar-refractivity contribution in [2.45, 2.75) is 45.2 Å². The molecule has 2 aromatic rings. The fraction of sp³-hybridized carbons (Fsp3) is 0.562. The summed E-state index contributed by atoms with van der Waals surface area (Å²) in [5.41, 5.74) is 3.81. The standard InChI is InChI=1S/C16H21N3/c1-12-5-6-15-14(10-12)17-16-11-13-4-2-7-18(13)8-3-9-19(15)16/h5-6,10,13H,2-4,7-9,11H2,1H3. The highest BCUT2D eigenvalue weighted by Crippen LogP contribution is 2.26. The Kier molecular flexibility index (Phi) is 2.62. The van der Waals surface area contributed by atoms with E-state index in [2.05, 4.69) is 34.6 Å². The van der Waals surface area contributed by atoms with Gasteiger partial charge in [-0.1, -0.05) is 6.07 Å². The molecule has 100 valence electrons. The van der Waals surface area contributed by atoms with Crippen molar-refractivity contribution in [1.29, 1.82) is 0 Å². The number of hydrogen-bond acceptors (Lipinski definition) is 2. The minimum atomic E-state index is 0.733. The molecule has 0 spiro atoms. The van der Waals surface area contributed by atoms with Crippen LogP contribution in [0.3, 0.4) is 0 Å². The van der Waals surface area contributed by atoms with Crippen molar-refractivity contribution in [3.8, 4) is 0 Å². The van der Waals surface area contributed by atoms with Crippen molar-refractivity contribution in [3.63, 3.8) is 0 Å². The van der Waals surface area contributed by atoms with E-state index in [1.165, 1.54) is 54.8 Å². The molecule has 0 amide bonds. The normalized spacial score (nSPS) is 23.9. The van der Waals surface area contributed by atoms with Gasteiger partial charge in [-0.25, -0.2) is 4.98 Å². The largest absolute Gasteiger partial charge is 0.328 e. The fourth-order valence-corrected chi connectivity index (χ4v) is 3.76. The monoisotopic (exact) mass is 255 g/mol. The Labute approximate surface area is 114 Å². The van der Waals surface area contributed by atoms with Gasteiger partial charge in [0.1, 0.15) is 5.82 Å². The number of hydrogen-bond donors (Lipinski definition) is 0. The van der Waals surface area contributed by atoms with Crippen LogP contribution < -0.4 is 0 Å². The maximum Gasteiger partial charge on any atom is 0.111 e. The molecule has 3 heterocycles. The highest BCUT2D eigenvalue weighted by atomic mass is 15.2. The van der Waals surface area contributed by atoms with Crippen molar-refractivity contribution >= 4 is 11.0 Å². The molecule has 1 aromatic carbocycles. The van der Waals surface area contributed by atoms with Gasteiger partial charge in [-0.15, -0.1) is 0 Å². The van der Waals surface area contributed by atoms with Crippen LogP contribution in [0.5, 0.6) is 0 Å². The molecule has 0 aliphatic carbocycles. The Morgan fingerprint density at radius 1 is 1.16 bits per heavy atom. The second-order valence-corrected chi connectivity index (χ2v) is 6.06. The van der Waals surface area contributed by atoms with Gasteiger partial charge in [0, 0.05) is 25.6 Å². The van der Waals surface area contributed by atoms with E-state index in [0.29, 0.717) is 0 Å². The van der Waals surface area contributed by atoms with E-state index >= 15 is 0 Å². The number of fused-ring (bicyclic) bond motifs is 4. The van der Waals surface area contributed by atoms with Gasteiger partial charge in [0.2, 0.25) is 0 Å². The second kappa shape index (κ2) is 4.34. The van der Waals surface area contributed by atoms with E-state index in [1.807, 2.05) is 0 Å². The predicted molar refractivity (Wildman–Crippen MR) is 77.4 cm³/mol. The first-order valence-electron chi connectivity index (χ1n) is 7.51. The van der Waals surface area contributed by atoms with Crippen LogP contribution in [0.15, 0.2) is 18.2 Å². The summed E-state index contributed by atoms with van der Waals surface area (Å²) in [6.07, 6.45) is 5.10. The summed E-state index contributed by atoms with van der Waals surface area (Å²) in [6.45, 7) is 5.83. The lowest BCUT2D eigenvalue weighted by Gasteiger charge is -2.27. The molecule has 3 nitrogen and oxygen atoms in total. The lowest BCUT2D eigenvalue weighted by molar-refractivity contribution is 0.231. The van der Waals surface area contributed by atoms with E-state index in [0.717, 1.165) is 19.0 Å². The Bertz CT molecular complexity index is 614. The van der Waals surface area contributed by atoms with Gasteiger partial charge < -0.3 is 4.57 Å². The molecule has 2 aliphatic heterocycles. The lowest BCUT2D eigenvalue weighted by Crippen LogP contribution is -2.35. The van der Waals surface area contributed by atoms with Crippen LogP contribution in [-0.2, 0) is 13.0 Å². The first-order chi connectivity index (χ1) is 9.31. The van der Waals surface area contributed by atoms with Crippen molar-refractivity contribution < 1.29 is 0 Å². The molecule has 2 aliphatic rings. The van der Waals surface area contributed by atoms with E-state index in [4.69, 9.17) is 4.98 Å². The SMILES string of the molecule is Cc1ccc2c(c1)nc1n2CCCN2CCCC2C1. The van der Waals surface area contributed by atoms with Crippen LogP contribution in [0.25, 0.3) is 11.0 Å². The summed E-state index contributed by atoms with van der Waals surface area (Å²) >= 11 is 0. The third kappa shape index (κ3) is 1.88. The zero-order valence-electron chi connectivity index (χ0n) is 11.6. The van der Waals surface area contributed by atoms with Gasteiger partial charge in [0.15, 0.2) is 0 Å². The third-order valence-corrected chi connectivity index (χ3v) is 4.73. The summed E-state index contributed by atoms with van der Waals surface area (Å²) in [5, 5.41) is 0. The highest BCUT2D eigenvalue weighted by Gasteiger charge is 2.28. The Morgan fingerprint density at radius 2 is 2.05 bits per heavy atom. The number of nitrogens with zero attached hydrogens (tertiary/aromatic N) is 3. The Balaban J connectivity index is 1.80. The molecule has 0 bridgehead atoms. The van der Waals surface area contributed by atoms with Crippen LogP contribution in [0.2, 0.25) is 0 Å².